The van der Waals surface area contributed by atoms with Crippen LogP contribution in [0.3, 0.4) is 0 Å². The first-order valence-electron chi connectivity index (χ1n) is 11.2. The number of hydrogen-bond donors (Lipinski definition) is 1. The third kappa shape index (κ3) is 4.61. The Kier molecular flexibility index (Phi) is 6.83. The fourth-order valence-electron chi connectivity index (χ4n) is 4.14. The summed E-state index contributed by atoms with van der Waals surface area (Å²) in [6, 6.07) is 11.4. The van der Waals surface area contributed by atoms with Gasteiger partial charge in [0, 0.05) is 18.8 Å². The molecule has 0 aromatic heterocycles. The van der Waals surface area contributed by atoms with Crippen LogP contribution in [0.4, 0.5) is 5.69 Å². The van der Waals surface area contributed by atoms with Crippen LogP contribution in [0.15, 0.2) is 53.4 Å². The zero-order valence-corrected chi connectivity index (χ0v) is 19.9. The summed E-state index contributed by atoms with van der Waals surface area (Å²) in [4.78, 5) is 40.2. The van der Waals surface area contributed by atoms with Gasteiger partial charge in [-0.2, -0.15) is 4.31 Å². The van der Waals surface area contributed by atoms with Gasteiger partial charge < -0.3 is 10.1 Å². The van der Waals surface area contributed by atoms with Crippen molar-refractivity contribution >= 4 is 33.4 Å². The highest BCUT2D eigenvalue weighted by molar-refractivity contribution is 7.89. The highest BCUT2D eigenvalue weighted by Gasteiger charge is 2.42. The van der Waals surface area contributed by atoms with Gasteiger partial charge in [-0.3, -0.25) is 19.3 Å². The van der Waals surface area contributed by atoms with Crippen LogP contribution < -0.4 is 5.32 Å². The van der Waals surface area contributed by atoms with E-state index in [1.54, 1.807) is 24.3 Å². The number of ether oxygens (including phenoxy) is 1. The molecule has 0 spiro atoms. The predicted octanol–water partition coefficient (Wildman–Crippen LogP) is 2.36. The highest BCUT2D eigenvalue weighted by Crippen LogP contribution is 2.28. The lowest BCUT2D eigenvalue weighted by Crippen LogP contribution is -2.47. The summed E-state index contributed by atoms with van der Waals surface area (Å²) in [5.74, 6) is -1.45. The van der Waals surface area contributed by atoms with Gasteiger partial charge in [-0.05, 0) is 48.7 Å². The molecule has 2 heterocycles. The molecule has 180 valence electrons. The van der Waals surface area contributed by atoms with Crippen molar-refractivity contribution in [2.45, 2.75) is 31.2 Å². The molecule has 1 atom stereocenters. The molecule has 1 saturated heterocycles. The molecular weight excluding hydrogens is 458 g/mol. The number of sulfonamides is 1. The molecule has 10 heteroatoms. The molecule has 2 aromatic rings. The summed E-state index contributed by atoms with van der Waals surface area (Å²) in [5, 5.41) is 2.74. The number of nitrogens with zero attached hydrogens (tertiary/aromatic N) is 2. The van der Waals surface area contributed by atoms with E-state index in [0.717, 1.165) is 4.90 Å². The van der Waals surface area contributed by atoms with Gasteiger partial charge in [0.1, 0.15) is 6.04 Å². The maximum Gasteiger partial charge on any atom is 0.262 e. The van der Waals surface area contributed by atoms with Crippen molar-refractivity contribution in [3.05, 3.63) is 59.7 Å². The zero-order valence-electron chi connectivity index (χ0n) is 19.1. The maximum absolute atomic E-state index is 13.2. The van der Waals surface area contributed by atoms with Crippen LogP contribution >= 0.6 is 0 Å². The Morgan fingerprint density at radius 2 is 1.53 bits per heavy atom. The average molecular weight is 486 g/mol. The largest absolute Gasteiger partial charge is 0.379 e. The molecule has 3 amide bonds. The van der Waals surface area contributed by atoms with Crippen LogP contribution in [0, 0.1) is 5.92 Å². The Hall–Kier alpha value is -3.08. The first-order chi connectivity index (χ1) is 16.2. The highest BCUT2D eigenvalue weighted by atomic mass is 32.2. The lowest BCUT2D eigenvalue weighted by molar-refractivity contribution is -0.120. The Labute approximate surface area is 198 Å². The lowest BCUT2D eigenvalue weighted by Gasteiger charge is -2.27. The Bertz CT molecular complexity index is 1170. The fourth-order valence-corrected chi connectivity index (χ4v) is 5.55. The zero-order chi connectivity index (χ0) is 24.5. The van der Waals surface area contributed by atoms with E-state index >= 15 is 0 Å². The van der Waals surface area contributed by atoms with E-state index in [0.29, 0.717) is 25.3 Å². The van der Waals surface area contributed by atoms with Gasteiger partial charge in [-0.25, -0.2) is 8.42 Å². The quantitative estimate of drug-likeness (QED) is 0.603. The van der Waals surface area contributed by atoms with E-state index in [1.165, 1.54) is 28.6 Å². The molecule has 2 aromatic carbocycles. The van der Waals surface area contributed by atoms with Crippen LogP contribution in [0.5, 0.6) is 0 Å². The number of carbonyl (C=O) groups is 3. The molecular formula is C24H27N3O6S. The van der Waals surface area contributed by atoms with E-state index in [4.69, 9.17) is 4.74 Å². The lowest BCUT2D eigenvalue weighted by atomic mass is 10.0. The van der Waals surface area contributed by atoms with Gasteiger partial charge in [0.05, 0.1) is 29.2 Å². The van der Waals surface area contributed by atoms with Crippen molar-refractivity contribution in [3.8, 4) is 0 Å². The fraction of sp³-hybridized carbons (Fsp3) is 0.375. The minimum Gasteiger partial charge on any atom is -0.379 e. The monoisotopic (exact) mass is 485 g/mol. The molecule has 2 aliphatic rings. The number of carbonyl (C=O) groups excluding carboxylic acids is 3. The second-order valence-electron chi connectivity index (χ2n) is 8.70. The van der Waals surface area contributed by atoms with Crippen molar-refractivity contribution < 1.29 is 27.5 Å². The number of amides is 3. The normalized spacial score (nSPS) is 17.7. The molecule has 2 aliphatic heterocycles. The van der Waals surface area contributed by atoms with Gasteiger partial charge in [0.2, 0.25) is 15.9 Å². The van der Waals surface area contributed by atoms with Crippen LogP contribution in [-0.4, -0.2) is 67.7 Å². The second kappa shape index (κ2) is 9.65. The summed E-state index contributed by atoms with van der Waals surface area (Å²) in [6.07, 6.45) is 0.292. The number of fused-ring (bicyclic) bond motifs is 1. The smallest absolute Gasteiger partial charge is 0.262 e. The Balaban J connectivity index is 1.53. The number of rotatable bonds is 7. The topological polar surface area (TPSA) is 113 Å². The maximum atomic E-state index is 13.2. The summed E-state index contributed by atoms with van der Waals surface area (Å²) in [7, 11) is -3.65. The molecule has 0 unspecified atom stereocenters. The van der Waals surface area contributed by atoms with E-state index in [1.807, 2.05) is 13.8 Å². The van der Waals surface area contributed by atoms with Crippen LogP contribution in [0.2, 0.25) is 0 Å². The van der Waals surface area contributed by atoms with E-state index < -0.39 is 33.8 Å². The van der Waals surface area contributed by atoms with Gasteiger partial charge in [0.15, 0.2) is 0 Å². The summed E-state index contributed by atoms with van der Waals surface area (Å²) < 4.78 is 32.2. The van der Waals surface area contributed by atoms with Crippen LogP contribution in [0.25, 0.3) is 0 Å². The number of hydrogen-bond acceptors (Lipinski definition) is 6. The Morgan fingerprint density at radius 1 is 0.971 bits per heavy atom. The molecule has 1 N–H and O–H groups in total. The Morgan fingerprint density at radius 3 is 2.06 bits per heavy atom. The van der Waals surface area contributed by atoms with Crippen molar-refractivity contribution in [3.63, 3.8) is 0 Å². The summed E-state index contributed by atoms with van der Waals surface area (Å²) in [5.41, 5.74) is 0.940. The standard InChI is InChI=1S/C24H27N3O6S/c1-16(2)15-21(27-23(29)19-5-3-4-6-20(19)24(27)30)22(28)25-17-7-9-18(10-8-17)34(31,32)26-11-13-33-14-12-26/h3-10,16,21H,11-15H2,1-2H3,(H,25,28)/t21-/m1/s1. The van der Waals surface area contributed by atoms with Crippen molar-refractivity contribution in [2.24, 2.45) is 5.92 Å². The van der Waals surface area contributed by atoms with Crippen molar-refractivity contribution in [1.29, 1.82) is 0 Å². The van der Waals surface area contributed by atoms with Crippen LogP contribution in [0.1, 0.15) is 41.0 Å². The average Bonchev–Trinajstić information content (AvgIpc) is 3.08. The summed E-state index contributed by atoms with van der Waals surface area (Å²) in [6.45, 7) is 5.09. The molecule has 0 aliphatic carbocycles. The predicted molar refractivity (Wildman–Crippen MR) is 125 cm³/mol. The molecule has 0 bridgehead atoms. The first kappa shape index (κ1) is 24.1. The van der Waals surface area contributed by atoms with E-state index in [2.05, 4.69) is 5.32 Å². The molecule has 4 rings (SSSR count). The van der Waals surface area contributed by atoms with Crippen molar-refractivity contribution in [1.82, 2.24) is 9.21 Å². The minimum absolute atomic E-state index is 0.0427. The minimum atomic E-state index is -3.65. The van der Waals surface area contributed by atoms with Gasteiger partial charge in [-0.1, -0.05) is 26.0 Å². The van der Waals surface area contributed by atoms with Gasteiger partial charge in [0.25, 0.3) is 11.8 Å². The summed E-state index contributed by atoms with van der Waals surface area (Å²) >= 11 is 0. The SMILES string of the molecule is CC(C)C[C@H](C(=O)Nc1ccc(S(=O)(=O)N2CCOCC2)cc1)N1C(=O)c2ccccc2C1=O. The van der Waals surface area contributed by atoms with Gasteiger partial charge >= 0.3 is 0 Å². The molecule has 0 radical (unpaired) electrons. The molecule has 1 fully saturated rings. The van der Waals surface area contributed by atoms with Gasteiger partial charge in [-0.15, -0.1) is 0 Å². The molecule has 0 saturated carbocycles. The third-order valence-electron chi connectivity index (χ3n) is 5.86. The molecule has 9 nitrogen and oxygen atoms in total. The van der Waals surface area contributed by atoms with E-state index in [9.17, 15) is 22.8 Å². The first-order valence-corrected chi connectivity index (χ1v) is 12.6. The molecule has 34 heavy (non-hydrogen) atoms. The number of imide groups is 1. The number of nitrogens with one attached hydrogen (secondary N) is 1. The van der Waals surface area contributed by atoms with Crippen molar-refractivity contribution in [2.75, 3.05) is 31.6 Å². The second-order valence-corrected chi connectivity index (χ2v) is 10.6. The number of anilines is 1. The number of benzene rings is 2. The third-order valence-corrected chi connectivity index (χ3v) is 7.78. The van der Waals surface area contributed by atoms with E-state index in [-0.39, 0.29) is 35.0 Å². The number of morpholine rings is 1. The van der Waals surface area contributed by atoms with Crippen LogP contribution in [-0.2, 0) is 19.6 Å².